The van der Waals surface area contributed by atoms with Gasteiger partial charge in [0, 0.05) is 0 Å². The predicted molar refractivity (Wildman–Crippen MR) is 72.4 cm³/mol. The van der Waals surface area contributed by atoms with Crippen LogP contribution in [0.1, 0.15) is 25.2 Å². The maximum absolute atomic E-state index is 11.4. The fraction of sp³-hybridized carbons (Fsp3) is 0.636. The van der Waals surface area contributed by atoms with Crippen LogP contribution < -0.4 is 0 Å². The Bertz CT molecular complexity index is 487. The zero-order chi connectivity index (χ0) is 14.6. The van der Waals surface area contributed by atoms with Crippen molar-refractivity contribution in [3.8, 4) is 0 Å². The van der Waals surface area contributed by atoms with Crippen LogP contribution in [0.5, 0.6) is 0 Å². The maximum Gasteiger partial charge on any atom is 0.321 e. The van der Waals surface area contributed by atoms with Crippen LogP contribution >= 0.6 is 15.9 Å². The molecular weight excluding hydrogens is 318 g/mol. The molecule has 19 heavy (non-hydrogen) atoms. The molecule has 0 bridgehead atoms. The first-order valence-electron chi connectivity index (χ1n) is 5.91. The molecular formula is C11H16BrN3O4. The molecule has 0 spiro atoms. The van der Waals surface area contributed by atoms with Gasteiger partial charge in [-0.1, -0.05) is 29.8 Å². The van der Waals surface area contributed by atoms with Gasteiger partial charge in [-0.3, -0.25) is 19.6 Å². The van der Waals surface area contributed by atoms with E-state index in [1.165, 1.54) is 11.8 Å². The first kappa shape index (κ1) is 15.6. The number of hydrogen-bond donors (Lipinski definition) is 0. The number of carbonyl (C=O) groups excluding carboxylic acids is 1. The Morgan fingerprint density at radius 3 is 2.58 bits per heavy atom. The Morgan fingerprint density at radius 2 is 2.16 bits per heavy atom. The molecule has 0 aliphatic rings. The van der Waals surface area contributed by atoms with Gasteiger partial charge in [0.15, 0.2) is 0 Å². The van der Waals surface area contributed by atoms with E-state index in [1.807, 2.05) is 13.8 Å². The first-order valence-corrected chi connectivity index (χ1v) is 6.82. The van der Waals surface area contributed by atoms with Gasteiger partial charge in [-0.05, 0) is 12.8 Å². The highest BCUT2D eigenvalue weighted by molar-refractivity contribution is 9.10. The molecule has 0 radical (unpaired) electrons. The third-order valence-corrected chi connectivity index (χ3v) is 3.41. The average molecular weight is 334 g/mol. The van der Waals surface area contributed by atoms with Gasteiger partial charge in [-0.2, -0.15) is 5.10 Å². The molecule has 0 fully saturated rings. The molecule has 1 unspecified atom stereocenters. The summed E-state index contributed by atoms with van der Waals surface area (Å²) >= 11 is 3.19. The van der Waals surface area contributed by atoms with Crippen molar-refractivity contribution in [2.75, 3.05) is 7.11 Å². The smallest absolute Gasteiger partial charge is 0.321 e. The van der Waals surface area contributed by atoms with E-state index in [0.717, 1.165) is 0 Å². The topological polar surface area (TPSA) is 87.3 Å². The molecule has 1 heterocycles. The van der Waals surface area contributed by atoms with Gasteiger partial charge in [-0.25, -0.2) is 0 Å². The Balaban J connectivity index is 3.14. The highest BCUT2D eigenvalue weighted by atomic mass is 79.9. The van der Waals surface area contributed by atoms with E-state index in [2.05, 4.69) is 25.8 Å². The SMILES string of the molecule is CCc1nn(CC(Br)C(=O)OC)c(CC)c1[N+](=O)[O-]. The quantitative estimate of drug-likeness (QED) is 0.343. The summed E-state index contributed by atoms with van der Waals surface area (Å²) in [5, 5.41) is 15.3. The molecule has 0 amide bonds. The van der Waals surface area contributed by atoms with Gasteiger partial charge in [-0.15, -0.1) is 0 Å². The van der Waals surface area contributed by atoms with Crippen molar-refractivity contribution < 1.29 is 14.5 Å². The zero-order valence-electron chi connectivity index (χ0n) is 11.1. The van der Waals surface area contributed by atoms with Crippen molar-refractivity contribution in [1.29, 1.82) is 0 Å². The number of alkyl halides is 1. The van der Waals surface area contributed by atoms with E-state index in [9.17, 15) is 14.9 Å². The van der Waals surface area contributed by atoms with E-state index >= 15 is 0 Å². The number of hydrogen-bond acceptors (Lipinski definition) is 5. The van der Waals surface area contributed by atoms with E-state index in [0.29, 0.717) is 24.2 Å². The summed E-state index contributed by atoms with van der Waals surface area (Å²) in [5.41, 5.74) is 1.01. The molecule has 8 heteroatoms. The molecule has 0 saturated heterocycles. The van der Waals surface area contributed by atoms with E-state index < -0.39 is 15.7 Å². The minimum Gasteiger partial charge on any atom is -0.468 e. The molecule has 0 aromatic carbocycles. The fourth-order valence-electron chi connectivity index (χ4n) is 1.85. The second-order valence-electron chi connectivity index (χ2n) is 3.88. The van der Waals surface area contributed by atoms with Crippen LogP contribution in [0.25, 0.3) is 0 Å². The number of aromatic nitrogens is 2. The molecule has 106 valence electrons. The Morgan fingerprint density at radius 1 is 1.53 bits per heavy atom. The Kier molecular flexibility index (Phi) is 5.46. The molecule has 0 aliphatic carbocycles. The van der Waals surface area contributed by atoms with Gasteiger partial charge < -0.3 is 4.74 Å². The lowest BCUT2D eigenvalue weighted by molar-refractivity contribution is -0.386. The van der Waals surface area contributed by atoms with Crippen molar-refractivity contribution in [3.63, 3.8) is 0 Å². The number of ether oxygens (including phenoxy) is 1. The van der Waals surface area contributed by atoms with Crippen LogP contribution in [0.15, 0.2) is 0 Å². The average Bonchev–Trinajstić information content (AvgIpc) is 2.75. The molecule has 1 atom stereocenters. The lowest BCUT2D eigenvalue weighted by Gasteiger charge is -2.09. The lowest BCUT2D eigenvalue weighted by Crippen LogP contribution is -2.23. The van der Waals surface area contributed by atoms with E-state index in [4.69, 9.17) is 0 Å². The third kappa shape index (κ3) is 3.31. The Labute approximate surface area is 119 Å². The lowest BCUT2D eigenvalue weighted by atomic mass is 10.2. The van der Waals surface area contributed by atoms with Crippen LogP contribution in [0.3, 0.4) is 0 Å². The second kappa shape index (κ2) is 6.65. The summed E-state index contributed by atoms with van der Waals surface area (Å²) in [7, 11) is 1.29. The highest BCUT2D eigenvalue weighted by Gasteiger charge is 2.27. The number of methoxy groups -OCH3 is 1. The van der Waals surface area contributed by atoms with Gasteiger partial charge in [0.1, 0.15) is 16.2 Å². The third-order valence-electron chi connectivity index (χ3n) is 2.74. The summed E-state index contributed by atoms with van der Waals surface area (Å²) in [6.45, 7) is 3.84. The van der Waals surface area contributed by atoms with Crippen molar-refractivity contribution in [2.45, 2.75) is 38.1 Å². The number of esters is 1. The molecule has 1 aromatic rings. The number of rotatable bonds is 6. The standard InChI is InChI=1S/C11H16BrN3O4/c1-4-8-10(15(17)18)9(5-2)14(13-8)6-7(12)11(16)19-3/h7H,4-6H2,1-3H3. The van der Waals surface area contributed by atoms with Gasteiger partial charge in [0.25, 0.3) is 0 Å². The number of nitrogens with zero attached hydrogens (tertiary/aromatic N) is 3. The molecule has 0 N–H and O–H groups in total. The zero-order valence-corrected chi connectivity index (χ0v) is 12.6. The highest BCUT2D eigenvalue weighted by Crippen LogP contribution is 2.25. The fourth-order valence-corrected chi connectivity index (χ4v) is 2.31. The van der Waals surface area contributed by atoms with Crippen molar-refractivity contribution in [1.82, 2.24) is 9.78 Å². The monoisotopic (exact) mass is 333 g/mol. The van der Waals surface area contributed by atoms with E-state index in [-0.39, 0.29) is 12.2 Å². The Hall–Kier alpha value is -1.44. The normalized spacial score (nSPS) is 12.2. The predicted octanol–water partition coefficient (Wildman–Crippen LogP) is 1.85. The minimum atomic E-state index is -0.577. The van der Waals surface area contributed by atoms with Crippen LogP contribution in [-0.4, -0.2) is 32.6 Å². The molecule has 7 nitrogen and oxygen atoms in total. The summed E-state index contributed by atoms with van der Waals surface area (Å²) in [6, 6.07) is 0. The maximum atomic E-state index is 11.4. The number of aryl methyl sites for hydroxylation is 1. The number of carbonyl (C=O) groups is 1. The van der Waals surface area contributed by atoms with Crippen molar-refractivity contribution in [3.05, 3.63) is 21.5 Å². The van der Waals surface area contributed by atoms with Crippen LogP contribution in [0.4, 0.5) is 5.69 Å². The van der Waals surface area contributed by atoms with Gasteiger partial charge >= 0.3 is 11.7 Å². The van der Waals surface area contributed by atoms with Crippen molar-refractivity contribution >= 4 is 27.6 Å². The van der Waals surface area contributed by atoms with Crippen LogP contribution in [0, 0.1) is 10.1 Å². The summed E-state index contributed by atoms with van der Waals surface area (Å²) in [4.78, 5) is 21.5. The van der Waals surface area contributed by atoms with Gasteiger partial charge in [0.05, 0.1) is 18.6 Å². The molecule has 0 saturated carbocycles. The van der Waals surface area contributed by atoms with Crippen LogP contribution in [-0.2, 0) is 28.9 Å². The summed E-state index contributed by atoms with van der Waals surface area (Å²) in [5.74, 6) is -0.432. The summed E-state index contributed by atoms with van der Waals surface area (Å²) in [6.07, 6.45) is 0.950. The van der Waals surface area contributed by atoms with Gasteiger partial charge in [0.2, 0.25) is 0 Å². The molecule has 0 aliphatic heterocycles. The minimum absolute atomic E-state index is 0.0505. The largest absolute Gasteiger partial charge is 0.468 e. The molecule has 1 rings (SSSR count). The number of halogens is 1. The van der Waals surface area contributed by atoms with Crippen molar-refractivity contribution in [2.24, 2.45) is 0 Å². The molecule has 1 aromatic heterocycles. The number of nitro groups is 1. The second-order valence-corrected chi connectivity index (χ2v) is 4.98. The van der Waals surface area contributed by atoms with E-state index in [1.54, 1.807) is 0 Å². The first-order chi connectivity index (χ1) is 8.96. The van der Waals surface area contributed by atoms with Crippen LogP contribution in [0.2, 0.25) is 0 Å². The summed E-state index contributed by atoms with van der Waals surface area (Å²) < 4.78 is 6.11.